The lowest BCUT2D eigenvalue weighted by Gasteiger charge is -2.06. The maximum Gasteiger partial charge on any atom is 0.338 e. The predicted octanol–water partition coefficient (Wildman–Crippen LogP) is 3.22. The van der Waals surface area contributed by atoms with Crippen LogP contribution in [-0.2, 0) is 16.0 Å². The van der Waals surface area contributed by atoms with Crippen molar-refractivity contribution in [2.24, 2.45) is 0 Å². The molecule has 120 valence electrons. The Kier molecular flexibility index (Phi) is 6.29. The van der Waals surface area contributed by atoms with Gasteiger partial charge in [0.05, 0.1) is 12.2 Å². The number of rotatable bonds is 7. The second-order valence-corrected chi connectivity index (χ2v) is 5.06. The lowest BCUT2D eigenvalue weighted by atomic mass is 10.1. The van der Waals surface area contributed by atoms with Gasteiger partial charge >= 0.3 is 5.97 Å². The van der Waals surface area contributed by atoms with Gasteiger partial charge in [-0.1, -0.05) is 6.07 Å². The zero-order chi connectivity index (χ0) is 16.5. The van der Waals surface area contributed by atoms with Crippen LogP contribution in [0.15, 0.2) is 48.8 Å². The number of esters is 1. The average Bonchev–Trinajstić information content (AvgIpc) is 2.57. The molecule has 1 aromatic heterocycles. The zero-order valence-electron chi connectivity index (χ0n) is 13.1. The Morgan fingerprint density at radius 2 is 1.96 bits per heavy atom. The van der Waals surface area contributed by atoms with Gasteiger partial charge in [0.25, 0.3) is 0 Å². The monoisotopic (exact) mass is 312 g/mol. The van der Waals surface area contributed by atoms with E-state index in [1.165, 1.54) is 0 Å². The molecule has 1 N–H and O–H groups in total. The topological polar surface area (TPSA) is 68.3 Å². The van der Waals surface area contributed by atoms with Gasteiger partial charge in [-0.15, -0.1) is 0 Å². The lowest BCUT2D eigenvalue weighted by molar-refractivity contribution is -0.116. The standard InChI is InChI=1S/C18H20N2O3/c1-2-23-18(22)15-8-10-16(11-9-15)20-17(21)7-3-5-14-6-4-12-19-13-14/h4,6,8-13H,2-3,5,7H2,1H3,(H,20,21). The van der Waals surface area contributed by atoms with E-state index < -0.39 is 0 Å². The van der Waals surface area contributed by atoms with Crippen molar-refractivity contribution < 1.29 is 14.3 Å². The van der Waals surface area contributed by atoms with Crippen LogP contribution in [0, 0.1) is 0 Å². The number of pyridine rings is 1. The number of benzene rings is 1. The Balaban J connectivity index is 1.77. The summed E-state index contributed by atoms with van der Waals surface area (Å²) in [6.07, 6.45) is 5.57. The summed E-state index contributed by atoms with van der Waals surface area (Å²) in [7, 11) is 0. The number of hydrogen-bond donors (Lipinski definition) is 1. The number of anilines is 1. The molecule has 1 aromatic carbocycles. The molecule has 1 amide bonds. The molecule has 0 aliphatic rings. The number of aryl methyl sites for hydroxylation is 1. The molecule has 5 nitrogen and oxygen atoms in total. The number of amides is 1. The van der Waals surface area contributed by atoms with Crippen molar-refractivity contribution >= 4 is 17.6 Å². The quantitative estimate of drug-likeness (QED) is 0.797. The summed E-state index contributed by atoms with van der Waals surface area (Å²) in [5, 5.41) is 2.82. The van der Waals surface area contributed by atoms with E-state index in [0.29, 0.717) is 24.3 Å². The maximum absolute atomic E-state index is 11.9. The Labute approximate surface area is 135 Å². The second-order valence-electron chi connectivity index (χ2n) is 5.06. The molecular formula is C18H20N2O3. The van der Waals surface area contributed by atoms with Gasteiger partial charge in [0.2, 0.25) is 5.91 Å². The highest BCUT2D eigenvalue weighted by atomic mass is 16.5. The Morgan fingerprint density at radius 1 is 1.17 bits per heavy atom. The van der Waals surface area contributed by atoms with Crippen molar-refractivity contribution in [1.29, 1.82) is 0 Å². The summed E-state index contributed by atoms with van der Waals surface area (Å²) in [6, 6.07) is 10.6. The van der Waals surface area contributed by atoms with Gasteiger partial charge in [0.15, 0.2) is 0 Å². The fourth-order valence-electron chi connectivity index (χ4n) is 2.13. The number of ether oxygens (including phenoxy) is 1. The number of nitrogens with one attached hydrogen (secondary N) is 1. The summed E-state index contributed by atoms with van der Waals surface area (Å²) >= 11 is 0. The SMILES string of the molecule is CCOC(=O)c1ccc(NC(=O)CCCc2cccnc2)cc1. The molecule has 0 saturated carbocycles. The molecule has 0 spiro atoms. The van der Waals surface area contributed by atoms with Crippen LogP contribution in [-0.4, -0.2) is 23.5 Å². The van der Waals surface area contributed by atoms with Crippen molar-refractivity contribution in [1.82, 2.24) is 4.98 Å². The third-order valence-corrected chi connectivity index (χ3v) is 3.27. The van der Waals surface area contributed by atoms with Crippen LogP contribution >= 0.6 is 0 Å². The molecule has 0 aliphatic heterocycles. The molecule has 23 heavy (non-hydrogen) atoms. The van der Waals surface area contributed by atoms with Crippen LogP contribution in [0.5, 0.6) is 0 Å². The molecular weight excluding hydrogens is 292 g/mol. The van der Waals surface area contributed by atoms with Gasteiger partial charge in [-0.3, -0.25) is 9.78 Å². The number of nitrogens with zero attached hydrogens (tertiary/aromatic N) is 1. The molecule has 0 fully saturated rings. The highest BCUT2D eigenvalue weighted by Crippen LogP contribution is 2.12. The number of aromatic nitrogens is 1. The first-order valence-electron chi connectivity index (χ1n) is 7.65. The Bertz CT molecular complexity index is 639. The molecule has 0 saturated heterocycles. The van der Waals surface area contributed by atoms with Gasteiger partial charge in [0.1, 0.15) is 0 Å². The van der Waals surface area contributed by atoms with E-state index in [0.717, 1.165) is 18.4 Å². The largest absolute Gasteiger partial charge is 0.462 e. The molecule has 2 rings (SSSR count). The van der Waals surface area contributed by atoms with E-state index >= 15 is 0 Å². The second kappa shape index (κ2) is 8.68. The Hall–Kier alpha value is -2.69. The first-order valence-corrected chi connectivity index (χ1v) is 7.65. The molecule has 0 unspecified atom stereocenters. The van der Waals surface area contributed by atoms with Crippen LogP contribution in [0.2, 0.25) is 0 Å². The van der Waals surface area contributed by atoms with E-state index in [1.54, 1.807) is 37.4 Å². The lowest BCUT2D eigenvalue weighted by Crippen LogP contribution is -2.12. The van der Waals surface area contributed by atoms with Crippen LogP contribution in [0.25, 0.3) is 0 Å². The third kappa shape index (κ3) is 5.54. The normalized spacial score (nSPS) is 10.1. The van der Waals surface area contributed by atoms with Crippen molar-refractivity contribution in [2.45, 2.75) is 26.2 Å². The summed E-state index contributed by atoms with van der Waals surface area (Å²) in [6.45, 7) is 2.10. The summed E-state index contributed by atoms with van der Waals surface area (Å²) in [4.78, 5) is 27.5. The minimum Gasteiger partial charge on any atom is -0.462 e. The first-order chi connectivity index (χ1) is 11.2. The van der Waals surface area contributed by atoms with Crippen molar-refractivity contribution in [3.05, 3.63) is 59.9 Å². The fourth-order valence-corrected chi connectivity index (χ4v) is 2.13. The molecule has 2 aromatic rings. The van der Waals surface area contributed by atoms with Crippen molar-refractivity contribution in [3.8, 4) is 0 Å². The van der Waals surface area contributed by atoms with Gasteiger partial charge in [-0.2, -0.15) is 0 Å². The van der Waals surface area contributed by atoms with Crippen LogP contribution in [0.1, 0.15) is 35.7 Å². The fraction of sp³-hybridized carbons (Fsp3) is 0.278. The number of carbonyl (C=O) groups is 2. The first kappa shape index (κ1) is 16.7. The Morgan fingerprint density at radius 3 is 2.61 bits per heavy atom. The van der Waals surface area contributed by atoms with Crippen LogP contribution in [0.4, 0.5) is 5.69 Å². The van der Waals surface area contributed by atoms with E-state index in [-0.39, 0.29) is 11.9 Å². The number of hydrogen-bond acceptors (Lipinski definition) is 4. The number of carbonyl (C=O) groups excluding carboxylic acids is 2. The molecule has 0 atom stereocenters. The van der Waals surface area contributed by atoms with Crippen molar-refractivity contribution in [3.63, 3.8) is 0 Å². The minimum absolute atomic E-state index is 0.0437. The molecule has 0 radical (unpaired) electrons. The molecule has 0 bridgehead atoms. The van der Waals surface area contributed by atoms with E-state index in [2.05, 4.69) is 10.3 Å². The minimum atomic E-state index is -0.359. The van der Waals surface area contributed by atoms with Gasteiger partial charge in [0, 0.05) is 24.5 Å². The average molecular weight is 312 g/mol. The third-order valence-electron chi connectivity index (χ3n) is 3.27. The maximum atomic E-state index is 11.9. The highest BCUT2D eigenvalue weighted by Gasteiger charge is 2.07. The van der Waals surface area contributed by atoms with Crippen LogP contribution in [0.3, 0.4) is 0 Å². The van der Waals surface area contributed by atoms with Crippen molar-refractivity contribution in [2.75, 3.05) is 11.9 Å². The van der Waals surface area contributed by atoms with E-state index in [9.17, 15) is 9.59 Å². The summed E-state index contributed by atoms with van der Waals surface area (Å²) < 4.78 is 4.91. The predicted molar refractivity (Wildman–Crippen MR) is 88.2 cm³/mol. The van der Waals surface area contributed by atoms with E-state index in [4.69, 9.17) is 4.74 Å². The zero-order valence-corrected chi connectivity index (χ0v) is 13.1. The molecule has 1 heterocycles. The smallest absolute Gasteiger partial charge is 0.338 e. The molecule has 5 heteroatoms. The summed E-state index contributed by atoms with van der Waals surface area (Å²) in [5.74, 6) is -0.403. The van der Waals surface area contributed by atoms with E-state index in [1.807, 2.05) is 18.3 Å². The van der Waals surface area contributed by atoms with Gasteiger partial charge < -0.3 is 10.1 Å². The van der Waals surface area contributed by atoms with Crippen LogP contribution < -0.4 is 5.32 Å². The molecule has 0 aliphatic carbocycles. The van der Waals surface area contributed by atoms with Gasteiger partial charge in [-0.05, 0) is 55.7 Å². The summed E-state index contributed by atoms with van der Waals surface area (Å²) in [5.41, 5.74) is 2.27. The highest BCUT2D eigenvalue weighted by molar-refractivity contribution is 5.93. The van der Waals surface area contributed by atoms with Gasteiger partial charge in [-0.25, -0.2) is 4.79 Å².